The Bertz CT molecular complexity index is 2140. The highest BCUT2D eigenvalue weighted by atomic mass is 35.5. The Morgan fingerprint density at radius 2 is 1.61 bits per heavy atom. The van der Waals surface area contributed by atoms with Crippen LogP contribution in [0.5, 0.6) is 0 Å². The highest BCUT2D eigenvalue weighted by Gasteiger charge is 2.48. The molecule has 15 heteroatoms. The molecule has 5 heterocycles. The first-order valence-electron chi connectivity index (χ1n) is 19.4. The fraction of sp³-hybridized carbons (Fsp3) is 0.561. The number of rotatable bonds is 7. The number of ether oxygens (including phenoxy) is 1. The number of carbonyl (C=O) groups is 1. The number of aromatic nitrogens is 3. The van der Waals surface area contributed by atoms with Crippen LogP contribution in [0.3, 0.4) is 0 Å². The monoisotopic (exact) mass is 847 g/mol. The maximum Gasteiger partial charge on any atom is 0.417 e. The molecule has 1 saturated heterocycles. The molecule has 0 unspecified atom stereocenters. The molecule has 2 aliphatic rings. The molecule has 1 aromatic carbocycles. The molecule has 4 aromatic rings. The van der Waals surface area contributed by atoms with Gasteiger partial charge in [-0.1, -0.05) is 59.2 Å². The molecule has 3 aromatic heterocycles. The fourth-order valence-electron chi connectivity index (χ4n) is 9.41. The summed E-state index contributed by atoms with van der Waals surface area (Å²) in [6.07, 6.45) is -3.53. The van der Waals surface area contributed by atoms with E-state index in [4.69, 9.17) is 16.3 Å². The minimum absolute atomic E-state index is 0.0516. The lowest BCUT2D eigenvalue weighted by Crippen LogP contribution is -2.59. The van der Waals surface area contributed by atoms with Crippen molar-refractivity contribution in [2.24, 2.45) is 0 Å². The molecule has 0 N–H and O–H groups in total. The Hall–Kier alpha value is -3.07. The molecular weight excluding hydrogens is 795 g/mol. The van der Waals surface area contributed by atoms with Crippen LogP contribution in [0, 0.1) is 0 Å². The number of alkyl halides is 3. The molecule has 0 bridgehead atoms. The molecule has 1 amide bonds. The van der Waals surface area contributed by atoms with E-state index in [0.717, 1.165) is 10.2 Å². The second-order valence-corrected chi connectivity index (χ2v) is 26.0. The number of hydrogen-bond acceptors (Lipinski definition) is 8. The third-order valence-electron chi connectivity index (χ3n) is 11.5. The van der Waals surface area contributed by atoms with Gasteiger partial charge >= 0.3 is 18.0 Å². The molecule has 8 nitrogen and oxygen atoms in total. The number of amides is 1. The lowest BCUT2D eigenvalue weighted by atomic mass is 10.00. The normalized spacial score (nSPS) is 19.7. The number of anilines is 1. The van der Waals surface area contributed by atoms with Crippen LogP contribution in [0.4, 0.5) is 23.8 Å². The van der Waals surface area contributed by atoms with Crippen LogP contribution in [0.25, 0.3) is 21.3 Å². The number of carbonyl (C=O) groups excluding carboxylic acids is 1. The van der Waals surface area contributed by atoms with Crippen molar-refractivity contribution < 1.29 is 22.7 Å². The Morgan fingerprint density at radius 1 is 0.982 bits per heavy atom. The van der Waals surface area contributed by atoms with Gasteiger partial charge in [-0.25, -0.2) is 9.59 Å². The van der Waals surface area contributed by atoms with Crippen LogP contribution in [0.2, 0.25) is 21.6 Å². The first-order valence-corrected chi connectivity index (χ1v) is 23.8. The zero-order valence-corrected chi connectivity index (χ0v) is 37.4. The van der Waals surface area contributed by atoms with Crippen molar-refractivity contribution in [2.45, 2.75) is 134 Å². The average Bonchev–Trinajstić information content (AvgIpc) is 3.33. The van der Waals surface area contributed by atoms with Gasteiger partial charge in [-0.2, -0.15) is 18.2 Å². The van der Waals surface area contributed by atoms with Gasteiger partial charge in [-0.15, -0.1) is 23.1 Å². The minimum atomic E-state index is -4.75. The summed E-state index contributed by atoms with van der Waals surface area (Å²) < 4.78 is 55.4. The second kappa shape index (κ2) is 15.6. The first-order chi connectivity index (χ1) is 26.1. The van der Waals surface area contributed by atoms with E-state index in [2.05, 4.69) is 51.5 Å². The van der Waals surface area contributed by atoms with Crippen molar-refractivity contribution >= 4 is 70.1 Å². The van der Waals surface area contributed by atoms with Crippen molar-refractivity contribution in [3.05, 3.63) is 63.3 Å². The van der Waals surface area contributed by atoms with Gasteiger partial charge in [-0.05, 0) is 75.5 Å². The van der Waals surface area contributed by atoms with Gasteiger partial charge in [0.1, 0.15) is 19.5 Å². The molecule has 56 heavy (non-hydrogen) atoms. The lowest BCUT2D eigenvalue weighted by Gasteiger charge is -2.45. The van der Waals surface area contributed by atoms with E-state index in [1.54, 1.807) is 42.5 Å². The third-order valence-corrected chi connectivity index (χ3v) is 22.4. The molecule has 304 valence electrons. The van der Waals surface area contributed by atoms with Gasteiger partial charge in [0.15, 0.2) is 0 Å². The summed E-state index contributed by atoms with van der Waals surface area (Å²) in [7, 11) is -2.37. The van der Waals surface area contributed by atoms with Crippen LogP contribution < -0.4 is 15.1 Å². The second-order valence-electron chi connectivity index (χ2n) is 17.3. The van der Waals surface area contributed by atoms with Gasteiger partial charge in [0.05, 0.1) is 28.2 Å². The highest BCUT2D eigenvalue weighted by molar-refractivity contribution is 7.99. The van der Waals surface area contributed by atoms with E-state index in [0.29, 0.717) is 42.7 Å². The summed E-state index contributed by atoms with van der Waals surface area (Å²) in [5.74, 6) is 0.301. The van der Waals surface area contributed by atoms with Crippen molar-refractivity contribution in [2.75, 3.05) is 23.7 Å². The smallest absolute Gasteiger partial charge is 0.417 e. The fourth-order valence-corrected chi connectivity index (χ4v) is 21.7. The van der Waals surface area contributed by atoms with E-state index in [1.807, 2.05) is 36.9 Å². The number of halogens is 4. The van der Waals surface area contributed by atoms with E-state index in [-0.39, 0.29) is 54.4 Å². The Labute approximate surface area is 342 Å². The van der Waals surface area contributed by atoms with Crippen LogP contribution in [0.15, 0.2) is 46.2 Å². The van der Waals surface area contributed by atoms with Gasteiger partial charge in [0.2, 0.25) is 0 Å². The van der Waals surface area contributed by atoms with Gasteiger partial charge in [-0.3, -0.25) is 14.5 Å². The molecular formula is C41H53ClF3N5O3S2Si. The van der Waals surface area contributed by atoms with E-state index < -0.39 is 37.2 Å². The Kier molecular flexibility index (Phi) is 11.8. The molecule has 6 rings (SSSR count). The lowest BCUT2D eigenvalue weighted by molar-refractivity contribution is -0.137. The number of benzene rings is 1. The molecule has 0 spiro atoms. The van der Waals surface area contributed by atoms with Crippen LogP contribution in [-0.4, -0.2) is 70.1 Å². The van der Waals surface area contributed by atoms with Gasteiger partial charge < -0.3 is 9.64 Å². The standard InChI is InChI=1S/C41H53ClF3N5O3S2Si/c1-22(2)56(23(3)4,24(5)6)37-30(42)17-32(55-37)33-29(41(43,44)45)16-28-34-35(33)54-21-27(31-14-12-13-15-46-31)20-49(34)38(51)47-36(28)48-18-25(7)50(26(8)19-48)39(52)53-40(9,10)11/h12-17,22-27H,18-21H2,1-11H3/t25-,26+,27-/m0/s1. The predicted molar refractivity (Wildman–Crippen MR) is 227 cm³/mol. The quantitative estimate of drug-likeness (QED) is 0.171. The summed E-state index contributed by atoms with van der Waals surface area (Å²) in [6, 6.07) is 7.73. The Morgan fingerprint density at radius 3 is 2.14 bits per heavy atom. The number of thioether (sulfide) groups is 1. The highest BCUT2D eigenvalue weighted by Crippen LogP contribution is 2.52. The Balaban J connectivity index is 1.62. The topological polar surface area (TPSA) is 80.6 Å². The van der Waals surface area contributed by atoms with Crippen LogP contribution >= 0.6 is 34.7 Å². The van der Waals surface area contributed by atoms with E-state index in [1.165, 1.54) is 29.2 Å². The summed E-state index contributed by atoms with van der Waals surface area (Å²) >= 11 is 9.89. The number of thiophene rings is 1. The predicted octanol–water partition coefficient (Wildman–Crippen LogP) is 10.8. The van der Waals surface area contributed by atoms with Crippen molar-refractivity contribution in [1.29, 1.82) is 0 Å². The largest absolute Gasteiger partial charge is 0.444 e. The molecule has 0 saturated carbocycles. The zero-order valence-electron chi connectivity index (χ0n) is 34.0. The maximum absolute atomic E-state index is 15.7. The van der Waals surface area contributed by atoms with E-state index in [9.17, 15) is 9.59 Å². The van der Waals surface area contributed by atoms with Gasteiger partial charge in [0, 0.05) is 68.4 Å². The average molecular weight is 849 g/mol. The summed E-state index contributed by atoms with van der Waals surface area (Å²) in [5.41, 5.74) is 0.0556. The van der Waals surface area contributed by atoms with E-state index >= 15 is 13.2 Å². The maximum atomic E-state index is 15.7. The van der Waals surface area contributed by atoms with Crippen molar-refractivity contribution in [3.8, 4) is 10.4 Å². The zero-order chi connectivity index (χ0) is 41.2. The van der Waals surface area contributed by atoms with Crippen molar-refractivity contribution in [1.82, 2.24) is 19.4 Å². The molecule has 1 fully saturated rings. The minimum Gasteiger partial charge on any atom is -0.444 e. The third kappa shape index (κ3) is 7.64. The van der Waals surface area contributed by atoms with Crippen LogP contribution in [-0.2, 0) is 17.5 Å². The summed E-state index contributed by atoms with van der Waals surface area (Å²) in [4.78, 5) is 41.1. The summed E-state index contributed by atoms with van der Waals surface area (Å²) in [5, 5.41) is 0.755. The molecule has 3 atom stereocenters. The summed E-state index contributed by atoms with van der Waals surface area (Å²) in [6.45, 7) is 23.1. The van der Waals surface area contributed by atoms with Gasteiger partial charge in [0.25, 0.3) is 0 Å². The molecule has 0 radical (unpaired) electrons. The van der Waals surface area contributed by atoms with Crippen molar-refractivity contribution in [3.63, 3.8) is 0 Å². The first kappa shape index (κ1) is 42.5. The van der Waals surface area contributed by atoms with Crippen LogP contribution in [0.1, 0.15) is 93.3 Å². The number of nitrogens with zero attached hydrogens (tertiary/aromatic N) is 5. The number of hydrogen-bond donors (Lipinski definition) is 0. The SMILES string of the molecule is CC(C)[Si](c1sc(-c2c(C(F)(F)F)cc3c(N4C[C@@H](C)N(C(=O)OC(C)(C)C)[C@@H](C)C4)nc(=O)n4c3c2SC[C@@H](c2ccccn2)C4)cc1Cl)(C(C)C)C(C)C. The number of piperazine rings is 1. The molecule has 2 aliphatic heterocycles. The molecule has 0 aliphatic carbocycles. The number of pyridine rings is 1.